The van der Waals surface area contributed by atoms with Gasteiger partial charge in [-0.1, -0.05) is 0 Å². The highest BCUT2D eigenvalue weighted by atomic mass is 32.1. The first kappa shape index (κ1) is 6.85. The number of aliphatic imine (C=N–C) groups is 1. The summed E-state index contributed by atoms with van der Waals surface area (Å²) in [6.45, 7) is 5.28. The number of nitrogens with zero attached hydrogens (tertiary/aromatic N) is 1. The molecule has 0 aliphatic carbocycles. The third kappa shape index (κ3) is 3.69. The van der Waals surface area contributed by atoms with Crippen LogP contribution in [0.4, 0.5) is 0 Å². The summed E-state index contributed by atoms with van der Waals surface area (Å²) >= 11 is 0.781. The quantitative estimate of drug-likeness (QED) is 0.304. The van der Waals surface area contributed by atoms with E-state index in [0.717, 1.165) is 11.5 Å². The lowest BCUT2D eigenvalue weighted by Crippen LogP contribution is -1.96. The third-order valence-corrected chi connectivity index (χ3v) is 1.19. The second-order valence-electron chi connectivity index (χ2n) is 1.22. The molecule has 42 valence electrons. The normalized spacial score (nSPS) is 15.7. The van der Waals surface area contributed by atoms with E-state index in [1.807, 2.05) is 12.3 Å². The maximum absolute atomic E-state index is 5.13. The molecule has 0 aliphatic rings. The Morgan fingerprint density at radius 3 is 2.71 bits per heavy atom. The van der Waals surface area contributed by atoms with Crippen LogP contribution in [0.3, 0.4) is 0 Å². The van der Waals surface area contributed by atoms with Gasteiger partial charge in [0.1, 0.15) is 0 Å². The second kappa shape index (κ2) is 4.02. The van der Waals surface area contributed by atoms with E-state index in [9.17, 15) is 0 Å². The Bertz CT molecular complexity index is 79.8. The minimum absolute atomic E-state index is 0.201. The van der Waals surface area contributed by atoms with Crippen LogP contribution in [0.15, 0.2) is 4.99 Å². The molecule has 0 aliphatic heterocycles. The van der Waals surface area contributed by atoms with Crippen LogP contribution in [0.25, 0.3) is 0 Å². The smallest absolute Gasteiger partial charge is 0.0706 e. The first-order chi connectivity index (χ1) is 3.31. The van der Waals surface area contributed by atoms with Crippen molar-refractivity contribution in [2.75, 3.05) is 0 Å². The van der Waals surface area contributed by atoms with Gasteiger partial charge in [-0.15, -0.1) is 11.5 Å². The molecular weight excluding hydrogens is 108 g/mol. The minimum Gasteiger partial charge on any atom is -0.293 e. The molecule has 0 fully saturated rings. The zero-order chi connectivity index (χ0) is 5.70. The van der Waals surface area contributed by atoms with E-state index in [-0.39, 0.29) is 6.04 Å². The summed E-state index contributed by atoms with van der Waals surface area (Å²) in [5.74, 6) is 0. The average molecular weight is 118 g/mol. The lowest BCUT2D eigenvalue weighted by molar-refractivity contribution is 1.02. The number of rotatable bonds is 2. The van der Waals surface area contributed by atoms with E-state index in [4.69, 9.17) is 5.14 Å². The van der Waals surface area contributed by atoms with Crippen LogP contribution in [0.5, 0.6) is 0 Å². The highest BCUT2D eigenvalue weighted by molar-refractivity contribution is 7.95. The van der Waals surface area contributed by atoms with Crippen molar-refractivity contribution in [3.05, 3.63) is 0 Å². The van der Waals surface area contributed by atoms with Crippen molar-refractivity contribution < 1.29 is 0 Å². The summed E-state index contributed by atoms with van der Waals surface area (Å²) in [6, 6.07) is 0.201. The van der Waals surface area contributed by atoms with Crippen molar-refractivity contribution >= 4 is 23.6 Å². The minimum atomic E-state index is 0.201. The van der Waals surface area contributed by atoms with Crippen molar-refractivity contribution in [2.45, 2.75) is 13.0 Å². The van der Waals surface area contributed by atoms with Gasteiger partial charge in [-0.2, -0.15) is 0 Å². The highest BCUT2D eigenvalue weighted by Gasteiger charge is 1.82. The molecule has 7 heavy (non-hydrogen) atoms. The summed E-state index contributed by atoms with van der Waals surface area (Å²) in [5, 5.41) is 7.00. The molecule has 0 aromatic rings. The van der Waals surface area contributed by atoms with E-state index in [1.54, 1.807) is 0 Å². The third-order valence-electron chi connectivity index (χ3n) is 0.590. The van der Waals surface area contributed by atoms with Gasteiger partial charge in [0.15, 0.2) is 0 Å². The molecule has 1 atom stereocenters. The van der Waals surface area contributed by atoms with Gasteiger partial charge in [-0.3, -0.25) is 10.1 Å². The summed E-state index contributed by atoms with van der Waals surface area (Å²) in [7, 11) is 0. The van der Waals surface area contributed by atoms with Crippen LogP contribution in [-0.4, -0.2) is 18.1 Å². The standard InChI is InChI=1S/C4H10N2S/c1-4(6-2)3-7-5/h3-4,7H,2,5H2,1H3. The second-order valence-corrected chi connectivity index (χ2v) is 1.82. The van der Waals surface area contributed by atoms with Crippen molar-refractivity contribution in [3.63, 3.8) is 0 Å². The van der Waals surface area contributed by atoms with Crippen molar-refractivity contribution in [2.24, 2.45) is 10.1 Å². The summed E-state index contributed by atoms with van der Waals surface area (Å²) in [4.78, 5) is 3.69. The molecule has 2 nitrogen and oxygen atoms in total. The Morgan fingerprint density at radius 1 is 2.00 bits per heavy atom. The van der Waals surface area contributed by atoms with E-state index >= 15 is 0 Å². The first-order valence-corrected chi connectivity index (χ1v) is 3.03. The summed E-state index contributed by atoms with van der Waals surface area (Å²) in [6.07, 6.45) is 0. The molecule has 0 heterocycles. The Morgan fingerprint density at radius 2 is 2.57 bits per heavy atom. The fourth-order valence-corrected chi connectivity index (χ4v) is 0.515. The predicted molar refractivity (Wildman–Crippen MR) is 38.2 cm³/mol. The number of nitrogens with two attached hydrogens (primary N) is 1. The lowest BCUT2D eigenvalue weighted by atomic mass is 10.4. The fraction of sp³-hybridized carbons (Fsp3) is 0.500. The van der Waals surface area contributed by atoms with E-state index in [2.05, 4.69) is 11.7 Å². The van der Waals surface area contributed by atoms with Gasteiger partial charge in [0.05, 0.1) is 6.04 Å². The van der Waals surface area contributed by atoms with E-state index in [0.29, 0.717) is 0 Å². The topological polar surface area (TPSA) is 38.4 Å². The largest absolute Gasteiger partial charge is 0.293 e. The number of thiol groups is 1. The van der Waals surface area contributed by atoms with Crippen LogP contribution in [0, 0.1) is 0 Å². The molecule has 0 saturated heterocycles. The van der Waals surface area contributed by atoms with E-state index < -0.39 is 0 Å². The fourth-order valence-electron chi connectivity index (χ4n) is 0.172. The van der Waals surface area contributed by atoms with Crippen LogP contribution in [-0.2, 0) is 0 Å². The molecule has 2 N–H and O–H groups in total. The van der Waals surface area contributed by atoms with Gasteiger partial charge >= 0.3 is 0 Å². The molecule has 1 unspecified atom stereocenters. The molecule has 3 heteroatoms. The SMILES string of the molecule is C=NC(C)/C=[SH]/N. The molecule has 0 amide bonds. The van der Waals surface area contributed by atoms with Crippen molar-refractivity contribution in [1.82, 2.24) is 0 Å². The maximum atomic E-state index is 5.13. The monoisotopic (exact) mass is 118 g/mol. The number of hydrogen-bond donors (Lipinski definition) is 2. The van der Waals surface area contributed by atoms with Gasteiger partial charge in [0.25, 0.3) is 0 Å². The Balaban J connectivity index is 3.35. The molecule has 0 aromatic carbocycles. The van der Waals surface area contributed by atoms with Gasteiger partial charge in [0, 0.05) is 0 Å². The Hall–Kier alpha value is -0.150. The van der Waals surface area contributed by atoms with Gasteiger partial charge in [-0.05, 0) is 19.0 Å². The summed E-state index contributed by atoms with van der Waals surface area (Å²) in [5.41, 5.74) is 0. The Labute approximate surface area is 47.5 Å². The number of hydrogen-bond acceptors (Lipinski definition) is 2. The first-order valence-electron chi connectivity index (χ1n) is 2.00. The molecule has 0 bridgehead atoms. The summed E-state index contributed by atoms with van der Waals surface area (Å²) < 4.78 is 0. The van der Waals surface area contributed by atoms with Crippen LogP contribution < -0.4 is 5.14 Å². The van der Waals surface area contributed by atoms with Crippen LogP contribution >= 0.6 is 11.5 Å². The molecular formula is C4H10N2S. The lowest BCUT2D eigenvalue weighted by Gasteiger charge is -1.90. The van der Waals surface area contributed by atoms with Crippen LogP contribution in [0.2, 0.25) is 0 Å². The van der Waals surface area contributed by atoms with E-state index in [1.165, 1.54) is 0 Å². The molecule has 0 rings (SSSR count). The molecule has 0 aromatic heterocycles. The molecule has 0 radical (unpaired) electrons. The zero-order valence-corrected chi connectivity index (χ0v) is 5.23. The van der Waals surface area contributed by atoms with Crippen molar-refractivity contribution in [1.29, 1.82) is 0 Å². The molecule has 0 spiro atoms. The predicted octanol–water partition coefficient (Wildman–Crippen LogP) is 0.217. The zero-order valence-electron chi connectivity index (χ0n) is 4.33. The van der Waals surface area contributed by atoms with Crippen LogP contribution in [0.1, 0.15) is 6.92 Å². The van der Waals surface area contributed by atoms with Gasteiger partial charge in [0.2, 0.25) is 0 Å². The van der Waals surface area contributed by atoms with Crippen molar-refractivity contribution in [3.8, 4) is 0 Å². The van der Waals surface area contributed by atoms with Gasteiger partial charge < -0.3 is 0 Å². The highest BCUT2D eigenvalue weighted by Crippen LogP contribution is 1.81. The molecule has 0 saturated carbocycles. The maximum Gasteiger partial charge on any atom is 0.0706 e. The Kier molecular flexibility index (Phi) is 3.93. The average Bonchev–Trinajstić information content (AvgIpc) is 1.68. The van der Waals surface area contributed by atoms with Gasteiger partial charge in [-0.25, -0.2) is 0 Å².